The third kappa shape index (κ3) is 6.04. The molecule has 1 aromatic carbocycles. The van der Waals surface area contributed by atoms with Crippen LogP contribution in [-0.4, -0.2) is 35.7 Å². The van der Waals surface area contributed by atoms with Crippen LogP contribution in [0.4, 0.5) is 18.0 Å². The number of carboxylic acid groups (broad SMARTS) is 1. The molecule has 0 aliphatic rings. The molecular formula is C17H18Cl2F3N2O3-. The van der Waals surface area contributed by atoms with Crippen molar-refractivity contribution in [3.63, 3.8) is 0 Å². The van der Waals surface area contributed by atoms with Crippen molar-refractivity contribution >= 4 is 35.2 Å². The van der Waals surface area contributed by atoms with Crippen LogP contribution in [0.1, 0.15) is 31.4 Å². The number of amides is 2. The van der Waals surface area contributed by atoms with Crippen molar-refractivity contribution in [3.05, 3.63) is 46.5 Å². The number of rotatable bonds is 7. The summed E-state index contributed by atoms with van der Waals surface area (Å²) in [7, 11) is 1.17. The van der Waals surface area contributed by atoms with Gasteiger partial charge in [-0.1, -0.05) is 35.3 Å². The first kappa shape index (κ1) is 23.1. The van der Waals surface area contributed by atoms with Gasteiger partial charge < -0.3 is 20.1 Å². The topological polar surface area (TPSA) is 72.5 Å². The standard InChI is InChI=1S/C17H19Cl2F3N2O3/c1-4-7-16(2,24(3)13(25)9-17(20,21)22)14(23-15(26)27)10-5-6-11(18)12(19)8-10/h4-6,8,14,23H,1,7,9H2,2-3H3,(H,26,27)/p-1. The molecule has 0 bridgehead atoms. The van der Waals surface area contributed by atoms with Gasteiger partial charge in [0.2, 0.25) is 5.91 Å². The van der Waals surface area contributed by atoms with Gasteiger partial charge in [-0.3, -0.25) is 4.79 Å². The van der Waals surface area contributed by atoms with E-state index >= 15 is 0 Å². The zero-order chi connectivity index (χ0) is 21.0. The summed E-state index contributed by atoms with van der Waals surface area (Å²) >= 11 is 11.8. The van der Waals surface area contributed by atoms with Gasteiger partial charge >= 0.3 is 6.18 Å². The van der Waals surface area contributed by atoms with Crippen LogP contribution in [0.5, 0.6) is 0 Å². The zero-order valence-electron chi connectivity index (χ0n) is 14.6. The molecule has 0 aliphatic heterocycles. The van der Waals surface area contributed by atoms with E-state index in [1.54, 1.807) is 0 Å². The molecule has 2 amide bonds. The lowest BCUT2D eigenvalue weighted by Gasteiger charge is -2.45. The number of halogens is 5. The normalized spacial score (nSPS) is 14.8. The number of hydrogen-bond acceptors (Lipinski definition) is 3. The average molecular weight is 426 g/mol. The van der Waals surface area contributed by atoms with Gasteiger partial charge in [0.1, 0.15) is 12.5 Å². The van der Waals surface area contributed by atoms with E-state index in [9.17, 15) is 27.9 Å². The Kier molecular flexibility index (Phi) is 7.57. The lowest BCUT2D eigenvalue weighted by atomic mass is 9.82. The van der Waals surface area contributed by atoms with Crippen LogP contribution in [0.15, 0.2) is 30.9 Å². The van der Waals surface area contributed by atoms with Crippen molar-refractivity contribution < 1.29 is 27.9 Å². The summed E-state index contributed by atoms with van der Waals surface area (Å²) in [5, 5.41) is 13.7. The molecule has 0 aromatic heterocycles. The molecule has 150 valence electrons. The maximum Gasteiger partial charge on any atom is 0.397 e. The predicted molar refractivity (Wildman–Crippen MR) is 94.4 cm³/mol. The summed E-state index contributed by atoms with van der Waals surface area (Å²) in [6, 6.07) is 3.08. The van der Waals surface area contributed by atoms with E-state index in [1.807, 2.05) is 0 Å². The van der Waals surface area contributed by atoms with Gasteiger partial charge in [-0.2, -0.15) is 13.2 Å². The Morgan fingerprint density at radius 1 is 1.33 bits per heavy atom. The maximum absolute atomic E-state index is 12.7. The molecule has 5 nitrogen and oxygen atoms in total. The van der Waals surface area contributed by atoms with Crippen LogP contribution < -0.4 is 10.4 Å². The zero-order valence-corrected chi connectivity index (χ0v) is 16.1. The Balaban J connectivity index is 3.44. The number of alkyl halides is 3. The summed E-state index contributed by atoms with van der Waals surface area (Å²) in [6.45, 7) is 4.99. The fraction of sp³-hybridized carbons (Fsp3) is 0.412. The van der Waals surface area contributed by atoms with Gasteiger partial charge in [0.15, 0.2) is 0 Å². The minimum Gasteiger partial charge on any atom is -0.530 e. The van der Waals surface area contributed by atoms with E-state index in [2.05, 4.69) is 11.9 Å². The first-order chi connectivity index (χ1) is 12.3. The first-order valence-corrected chi connectivity index (χ1v) is 8.44. The lowest BCUT2D eigenvalue weighted by molar-refractivity contribution is -0.252. The number of carbonyl (C=O) groups is 2. The maximum atomic E-state index is 12.7. The van der Waals surface area contributed by atoms with E-state index in [4.69, 9.17) is 23.2 Å². The molecule has 2 unspecified atom stereocenters. The van der Waals surface area contributed by atoms with Crippen molar-refractivity contribution in [2.45, 2.75) is 37.5 Å². The highest BCUT2D eigenvalue weighted by atomic mass is 35.5. The van der Waals surface area contributed by atoms with E-state index in [1.165, 1.54) is 38.2 Å². The van der Waals surface area contributed by atoms with E-state index in [0.717, 1.165) is 4.90 Å². The molecule has 0 spiro atoms. The van der Waals surface area contributed by atoms with Crippen molar-refractivity contribution in [2.75, 3.05) is 7.05 Å². The smallest absolute Gasteiger partial charge is 0.397 e. The Morgan fingerprint density at radius 3 is 2.37 bits per heavy atom. The van der Waals surface area contributed by atoms with Gasteiger partial charge in [0, 0.05) is 7.05 Å². The van der Waals surface area contributed by atoms with Gasteiger partial charge in [0.25, 0.3) is 0 Å². The Hall–Kier alpha value is -1.93. The molecule has 0 saturated carbocycles. The summed E-state index contributed by atoms with van der Waals surface area (Å²) in [5.74, 6) is -1.22. The van der Waals surface area contributed by atoms with Gasteiger partial charge in [-0.25, -0.2) is 0 Å². The second-order valence-electron chi connectivity index (χ2n) is 6.13. The number of nitrogens with one attached hydrogen (secondary N) is 1. The molecule has 0 aliphatic carbocycles. The number of carbonyl (C=O) groups excluding carboxylic acids is 2. The van der Waals surface area contributed by atoms with E-state index < -0.39 is 36.2 Å². The highest BCUT2D eigenvalue weighted by molar-refractivity contribution is 6.42. The summed E-state index contributed by atoms with van der Waals surface area (Å²) < 4.78 is 38.0. The van der Waals surface area contributed by atoms with E-state index in [0.29, 0.717) is 5.56 Å². The molecule has 0 radical (unpaired) electrons. The van der Waals surface area contributed by atoms with Gasteiger partial charge in [0.05, 0.1) is 21.6 Å². The van der Waals surface area contributed by atoms with Crippen LogP contribution in [0.25, 0.3) is 0 Å². The minimum atomic E-state index is -4.71. The monoisotopic (exact) mass is 425 g/mol. The molecule has 2 atom stereocenters. The number of likely N-dealkylation sites (N-methyl/N-ethyl adjacent to an activating group) is 1. The number of nitrogens with zero attached hydrogens (tertiary/aromatic N) is 1. The summed E-state index contributed by atoms with van der Waals surface area (Å²) in [4.78, 5) is 24.2. The van der Waals surface area contributed by atoms with Crippen LogP contribution in [-0.2, 0) is 4.79 Å². The molecule has 0 heterocycles. The predicted octanol–water partition coefficient (Wildman–Crippen LogP) is 3.71. The van der Waals surface area contributed by atoms with Gasteiger partial charge in [-0.15, -0.1) is 6.58 Å². The highest BCUT2D eigenvalue weighted by Crippen LogP contribution is 2.37. The second-order valence-corrected chi connectivity index (χ2v) is 6.95. The molecule has 1 N–H and O–H groups in total. The Labute approximate surface area is 164 Å². The minimum absolute atomic E-state index is 0.0156. The van der Waals surface area contributed by atoms with Gasteiger partial charge in [-0.05, 0) is 31.0 Å². The van der Waals surface area contributed by atoms with Crippen molar-refractivity contribution in [3.8, 4) is 0 Å². The van der Waals surface area contributed by atoms with Crippen molar-refractivity contribution in [2.24, 2.45) is 0 Å². The quantitative estimate of drug-likeness (QED) is 0.676. The third-order valence-corrected chi connectivity index (χ3v) is 4.95. The first-order valence-electron chi connectivity index (χ1n) is 7.68. The average Bonchev–Trinajstić information content (AvgIpc) is 2.53. The fourth-order valence-electron chi connectivity index (χ4n) is 2.72. The SMILES string of the molecule is C=CCC(C)(C(NC(=O)[O-])c1ccc(Cl)c(Cl)c1)N(C)C(=O)CC(F)(F)F. The molecule has 1 aromatic rings. The number of hydrogen-bond donors (Lipinski definition) is 1. The molecular weight excluding hydrogens is 408 g/mol. The Bertz CT molecular complexity index is 728. The third-order valence-electron chi connectivity index (χ3n) is 4.21. The largest absolute Gasteiger partial charge is 0.530 e. The summed E-state index contributed by atoms with van der Waals surface area (Å²) in [5.41, 5.74) is -1.13. The summed E-state index contributed by atoms with van der Waals surface area (Å²) in [6.07, 6.45) is -6.70. The molecule has 10 heteroatoms. The van der Waals surface area contributed by atoms with E-state index in [-0.39, 0.29) is 16.5 Å². The number of benzene rings is 1. The lowest BCUT2D eigenvalue weighted by Crippen LogP contribution is -2.58. The van der Waals surface area contributed by atoms with Crippen LogP contribution >= 0.6 is 23.2 Å². The molecule has 27 heavy (non-hydrogen) atoms. The van der Waals surface area contributed by atoms with Crippen molar-refractivity contribution in [1.82, 2.24) is 10.2 Å². The van der Waals surface area contributed by atoms with Crippen LogP contribution in [0.2, 0.25) is 10.0 Å². The Morgan fingerprint density at radius 2 is 1.93 bits per heavy atom. The highest BCUT2D eigenvalue weighted by Gasteiger charge is 2.43. The molecule has 0 fully saturated rings. The van der Waals surface area contributed by atoms with Crippen LogP contribution in [0, 0.1) is 0 Å². The van der Waals surface area contributed by atoms with Crippen LogP contribution in [0.3, 0.4) is 0 Å². The molecule has 0 saturated heterocycles. The van der Waals surface area contributed by atoms with Crippen molar-refractivity contribution in [1.29, 1.82) is 0 Å². The second kappa shape index (κ2) is 8.84. The fourth-order valence-corrected chi connectivity index (χ4v) is 3.03. The molecule has 1 rings (SSSR count).